The minimum Gasteiger partial charge on any atom is -0.364 e. The fraction of sp³-hybridized carbons (Fsp3) is 0.789. The monoisotopic (exact) mass is 411 g/mol. The van der Waals surface area contributed by atoms with Gasteiger partial charge in [0.25, 0.3) is 0 Å². The van der Waals surface area contributed by atoms with Gasteiger partial charge in [-0.2, -0.15) is 4.31 Å². The number of piperazine rings is 1. The molecule has 0 atom stereocenters. The second kappa shape index (κ2) is 9.26. The lowest BCUT2D eigenvalue weighted by Crippen LogP contribution is -2.54. The summed E-state index contributed by atoms with van der Waals surface area (Å²) in [5, 5.41) is 7.11. The van der Waals surface area contributed by atoms with Crippen LogP contribution in [0.2, 0.25) is 0 Å². The molecular weight excluding hydrogens is 378 g/mol. The molecular formula is C19H33N5O3S. The highest BCUT2D eigenvalue weighted by molar-refractivity contribution is 7.88. The second-order valence-corrected chi connectivity index (χ2v) is 9.83. The lowest BCUT2D eigenvalue weighted by atomic mass is 9.83. The molecule has 2 aliphatic rings. The van der Waals surface area contributed by atoms with Gasteiger partial charge in [0.05, 0.1) is 5.69 Å². The van der Waals surface area contributed by atoms with Crippen molar-refractivity contribution in [1.82, 2.24) is 19.7 Å². The summed E-state index contributed by atoms with van der Waals surface area (Å²) in [5.41, 5.74) is 0.794. The third-order valence-corrected chi connectivity index (χ3v) is 7.88. The Kier molecular flexibility index (Phi) is 6.98. The highest BCUT2D eigenvalue weighted by Crippen LogP contribution is 2.41. The van der Waals surface area contributed by atoms with Crippen molar-refractivity contribution < 1.29 is 12.9 Å². The molecule has 28 heavy (non-hydrogen) atoms. The Morgan fingerprint density at radius 1 is 1.25 bits per heavy atom. The summed E-state index contributed by atoms with van der Waals surface area (Å²) in [6, 6.07) is 1.59. The number of aliphatic imine (C=N–C) groups is 1. The molecule has 1 aromatic heterocycles. The molecule has 2 fully saturated rings. The molecule has 0 unspecified atom stereocenters. The lowest BCUT2D eigenvalue weighted by Gasteiger charge is -2.36. The molecule has 0 bridgehead atoms. The summed E-state index contributed by atoms with van der Waals surface area (Å²) >= 11 is 0. The minimum absolute atomic E-state index is 0.114. The summed E-state index contributed by atoms with van der Waals surface area (Å²) in [7, 11) is -3.38. The predicted octanol–water partition coefficient (Wildman–Crippen LogP) is 2.06. The molecule has 1 aliphatic carbocycles. The van der Waals surface area contributed by atoms with Crippen LogP contribution in [-0.2, 0) is 15.8 Å². The Morgan fingerprint density at radius 3 is 2.54 bits per heavy atom. The second-order valence-electron chi connectivity index (χ2n) is 7.86. The fourth-order valence-electron chi connectivity index (χ4n) is 4.19. The van der Waals surface area contributed by atoms with Crippen molar-refractivity contribution in [1.29, 1.82) is 0 Å². The van der Waals surface area contributed by atoms with Crippen LogP contribution in [0.25, 0.3) is 0 Å². The number of hydrogen-bond donors (Lipinski definition) is 1. The molecule has 0 radical (unpaired) electrons. The van der Waals surface area contributed by atoms with Crippen LogP contribution in [0.4, 0.5) is 0 Å². The highest BCUT2D eigenvalue weighted by Gasteiger charge is 2.33. The number of rotatable bonds is 7. The summed E-state index contributed by atoms with van der Waals surface area (Å²) in [4.78, 5) is 7.14. The van der Waals surface area contributed by atoms with Crippen molar-refractivity contribution in [2.45, 2.75) is 51.7 Å². The zero-order valence-corrected chi connectivity index (χ0v) is 17.9. The summed E-state index contributed by atoms with van der Waals surface area (Å²) < 4.78 is 31.5. The van der Waals surface area contributed by atoms with E-state index in [9.17, 15) is 8.42 Å². The topological polar surface area (TPSA) is 91.0 Å². The SMILES string of the molecule is CCNC(=NCC1(CC)CCCC1)N1CCN(S(=O)(=O)Cc2ccon2)CC1. The van der Waals surface area contributed by atoms with Gasteiger partial charge in [0.2, 0.25) is 10.0 Å². The number of sulfonamides is 1. The predicted molar refractivity (Wildman–Crippen MR) is 109 cm³/mol. The summed E-state index contributed by atoms with van der Waals surface area (Å²) in [6.07, 6.45) is 7.71. The average molecular weight is 412 g/mol. The van der Waals surface area contributed by atoms with Gasteiger partial charge in [-0.1, -0.05) is 24.9 Å². The van der Waals surface area contributed by atoms with E-state index in [0.29, 0.717) is 37.3 Å². The normalized spacial score (nSPS) is 21.2. The summed E-state index contributed by atoms with van der Waals surface area (Å²) in [6.45, 7) is 8.21. The first-order chi connectivity index (χ1) is 13.5. The van der Waals surface area contributed by atoms with Crippen LogP contribution < -0.4 is 5.32 Å². The number of aromatic nitrogens is 1. The maximum atomic E-state index is 12.6. The third kappa shape index (κ3) is 5.05. The van der Waals surface area contributed by atoms with Gasteiger partial charge in [0, 0.05) is 45.3 Å². The van der Waals surface area contributed by atoms with E-state index in [1.165, 1.54) is 38.4 Å². The van der Waals surface area contributed by atoms with Gasteiger partial charge in [-0.15, -0.1) is 0 Å². The van der Waals surface area contributed by atoms with Crippen molar-refractivity contribution in [3.8, 4) is 0 Å². The lowest BCUT2D eigenvalue weighted by molar-refractivity contribution is 0.255. The minimum atomic E-state index is -3.38. The van der Waals surface area contributed by atoms with Gasteiger partial charge in [-0.25, -0.2) is 8.42 Å². The molecule has 8 nitrogen and oxygen atoms in total. The van der Waals surface area contributed by atoms with Gasteiger partial charge in [0.1, 0.15) is 12.0 Å². The molecule has 0 amide bonds. The van der Waals surface area contributed by atoms with Gasteiger partial charge in [-0.05, 0) is 31.6 Å². The van der Waals surface area contributed by atoms with E-state index in [1.54, 1.807) is 10.4 Å². The molecule has 0 spiro atoms. The average Bonchev–Trinajstić information content (AvgIpc) is 3.37. The number of guanidine groups is 1. The van der Waals surface area contributed by atoms with Crippen LogP contribution in [0.3, 0.4) is 0 Å². The van der Waals surface area contributed by atoms with Crippen LogP contribution in [0.5, 0.6) is 0 Å². The van der Waals surface area contributed by atoms with E-state index in [1.807, 2.05) is 0 Å². The molecule has 2 heterocycles. The molecule has 1 saturated heterocycles. The van der Waals surface area contributed by atoms with Crippen LogP contribution in [0.1, 0.15) is 51.6 Å². The largest absolute Gasteiger partial charge is 0.364 e. The van der Waals surface area contributed by atoms with Crippen molar-refractivity contribution in [2.24, 2.45) is 10.4 Å². The molecule has 3 rings (SSSR count). The van der Waals surface area contributed by atoms with Gasteiger partial charge >= 0.3 is 0 Å². The van der Waals surface area contributed by atoms with Crippen molar-refractivity contribution in [3.63, 3.8) is 0 Å². The standard InChI is InChI=1S/C19H33N5O3S/c1-3-19(8-5-6-9-19)16-21-18(20-4-2)23-10-12-24(13-11-23)28(25,26)15-17-7-14-27-22-17/h7,14H,3-6,8-13,15-16H2,1-2H3,(H,20,21). The first-order valence-corrected chi connectivity index (χ1v) is 12.0. The first-order valence-electron chi connectivity index (χ1n) is 10.4. The van der Waals surface area contributed by atoms with E-state index >= 15 is 0 Å². The van der Waals surface area contributed by atoms with Crippen LogP contribution in [0.15, 0.2) is 21.8 Å². The van der Waals surface area contributed by atoms with E-state index in [0.717, 1.165) is 19.0 Å². The van der Waals surface area contributed by atoms with E-state index in [2.05, 4.69) is 29.2 Å². The zero-order chi connectivity index (χ0) is 20.0. The fourth-order valence-corrected chi connectivity index (χ4v) is 5.61. The van der Waals surface area contributed by atoms with Gasteiger partial charge in [0.15, 0.2) is 5.96 Å². The maximum absolute atomic E-state index is 12.6. The Bertz CT molecular complexity index is 734. The summed E-state index contributed by atoms with van der Waals surface area (Å²) in [5.74, 6) is 0.798. The van der Waals surface area contributed by atoms with Crippen LogP contribution in [0, 0.1) is 5.41 Å². The van der Waals surface area contributed by atoms with Gasteiger partial charge in [-0.3, -0.25) is 4.99 Å². The quantitative estimate of drug-likeness (QED) is 0.545. The van der Waals surface area contributed by atoms with Crippen molar-refractivity contribution in [3.05, 3.63) is 18.0 Å². The Balaban J connectivity index is 1.60. The van der Waals surface area contributed by atoms with Gasteiger partial charge < -0.3 is 14.7 Å². The first kappa shape index (κ1) is 21.1. The van der Waals surface area contributed by atoms with Crippen LogP contribution in [-0.4, -0.2) is 68.0 Å². The van der Waals surface area contributed by atoms with E-state index < -0.39 is 10.0 Å². The molecule has 1 aliphatic heterocycles. The molecule has 1 aromatic rings. The van der Waals surface area contributed by atoms with Crippen LogP contribution >= 0.6 is 0 Å². The number of nitrogens with zero attached hydrogens (tertiary/aromatic N) is 4. The van der Waals surface area contributed by atoms with E-state index in [-0.39, 0.29) is 5.75 Å². The molecule has 1 saturated carbocycles. The smallest absolute Gasteiger partial charge is 0.220 e. The Labute approximate surface area is 168 Å². The maximum Gasteiger partial charge on any atom is 0.220 e. The molecule has 158 valence electrons. The Hall–Kier alpha value is -1.61. The number of nitrogens with one attached hydrogen (secondary N) is 1. The zero-order valence-electron chi connectivity index (χ0n) is 17.1. The van der Waals surface area contributed by atoms with E-state index in [4.69, 9.17) is 9.52 Å². The molecule has 9 heteroatoms. The third-order valence-electron chi connectivity index (χ3n) is 6.07. The Morgan fingerprint density at radius 2 is 1.96 bits per heavy atom. The van der Waals surface area contributed by atoms with Crippen molar-refractivity contribution >= 4 is 16.0 Å². The highest BCUT2D eigenvalue weighted by atomic mass is 32.2. The number of hydrogen-bond acceptors (Lipinski definition) is 5. The molecule has 1 N–H and O–H groups in total. The van der Waals surface area contributed by atoms with Crippen molar-refractivity contribution in [2.75, 3.05) is 39.3 Å². The molecule has 0 aromatic carbocycles.